The number of amides is 2. The van der Waals surface area contributed by atoms with Gasteiger partial charge in [-0.1, -0.05) is 13.8 Å². The number of anilines is 1. The first kappa shape index (κ1) is 16.9. The second kappa shape index (κ2) is 7.01. The predicted octanol–water partition coefficient (Wildman–Crippen LogP) is 2.89. The highest BCUT2D eigenvalue weighted by atomic mass is 19.1. The number of rotatable bonds is 5. The molecule has 1 aromatic rings. The van der Waals surface area contributed by atoms with Crippen molar-refractivity contribution >= 4 is 17.7 Å². The summed E-state index contributed by atoms with van der Waals surface area (Å²) in [6.07, 6.45) is 0.230. The molecule has 0 saturated carbocycles. The molecule has 0 aromatic heterocycles. The van der Waals surface area contributed by atoms with Crippen LogP contribution in [0.4, 0.5) is 19.3 Å². The van der Waals surface area contributed by atoms with E-state index in [4.69, 9.17) is 5.11 Å². The summed E-state index contributed by atoms with van der Waals surface area (Å²) in [6.45, 7) is 5.01. The van der Waals surface area contributed by atoms with E-state index in [1.807, 2.05) is 13.8 Å². The third kappa shape index (κ3) is 5.02. The lowest BCUT2D eigenvalue weighted by Gasteiger charge is -2.17. The first-order chi connectivity index (χ1) is 9.70. The summed E-state index contributed by atoms with van der Waals surface area (Å²) in [6, 6.07) is -0.190. The Labute approximate surface area is 121 Å². The van der Waals surface area contributed by atoms with Crippen molar-refractivity contribution in [3.63, 3.8) is 0 Å². The first-order valence-corrected chi connectivity index (χ1v) is 6.46. The second-order valence-corrected chi connectivity index (χ2v) is 5.20. The maximum atomic E-state index is 13.6. The molecule has 2 amide bonds. The Morgan fingerprint density at radius 1 is 1.24 bits per heavy atom. The summed E-state index contributed by atoms with van der Waals surface area (Å²) in [4.78, 5) is 22.7. The van der Waals surface area contributed by atoms with Crippen LogP contribution in [0.15, 0.2) is 12.1 Å². The van der Waals surface area contributed by atoms with Gasteiger partial charge in [-0.15, -0.1) is 0 Å². The number of nitrogens with one attached hydrogen (secondary N) is 2. The lowest BCUT2D eigenvalue weighted by molar-refractivity contribution is -0.139. The van der Waals surface area contributed by atoms with Gasteiger partial charge in [0.1, 0.15) is 17.7 Å². The van der Waals surface area contributed by atoms with Crippen molar-refractivity contribution in [1.82, 2.24) is 5.32 Å². The quantitative estimate of drug-likeness (QED) is 0.782. The van der Waals surface area contributed by atoms with Crippen molar-refractivity contribution in [2.45, 2.75) is 33.2 Å². The van der Waals surface area contributed by atoms with Crippen LogP contribution >= 0.6 is 0 Å². The van der Waals surface area contributed by atoms with Crippen molar-refractivity contribution in [2.75, 3.05) is 5.32 Å². The van der Waals surface area contributed by atoms with E-state index >= 15 is 0 Å². The number of urea groups is 1. The number of aliphatic carboxylic acids is 1. The number of aryl methyl sites for hydroxylation is 1. The fraction of sp³-hybridized carbons (Fsp3) is 0.429. The summed E-state index contributed by atoms with van der Waals surface area (Å²) in [5.41, 5.74) is -0.231. The van der Waals surface area contributed by atoms with E-state index in [1.165, 1.54) is 6.92 Å². The van der Waals surface area contributed by atoms with Crippen molar-refractivity contribution in [1.29, 1.82) is 0 Å². The molecule has 0 radical (unpaired) electrons. The molecule has 7 heteroatoms. The third-order valence-electron chi connectivity index (χ3n) is 2.81. The van der Waals surface area contributed by atoms with Gasteiger partial charge in [-0.25, -0.2) is 18.4 Å². The van der Waals surface area contributed by atoms with Crippen LogP contribution in [0.5, 0.6) is 0 Å². The molecule has 0 bridgehead atoms. The second-order valence-electron chi connectivity index (χ2n) is 5.20. The molecule has 0 saturated heterocycles. The minimum absolute atomic E-state index is 0.0555. The van der Waals surface area contributed by atoms with Crippen LogP contribution in [0.2, 0.25) is 0 Å². The van der Waals surface area contributed by atoms with E-state index in [0.29, 0.717) is 0 Å². The maximum absolute atomic E-state index is 13.6. The Bertz CT molecular complexity index is 547. The number of hydrogen-bond donors (Lipinski definition) is 3. The summed E-state index contributed by atoms with van der Waals surface area (Å²) < 4.78 is 26.9. The predicted molar refractivity (Wildman–Crippen MR) is 74.1 cm³/mol. The first-order valence-electron chi connectivity index (χ1n) is 6.46. The van der Waals surface area contributed by atoms with Crippen LogP contribution in [0.3, 0.4) is 0 Å². The normalized spacial score (nSPS) is 12.1. The number of benzene rings is 1. The molecule has 0 fully saturated rings. The van der Waals surface area contributed by atoms with E-state index in [1.54, 1.807) is 0 Å². The molecule has 0 aliphatic carbocycles. The highest BCUT2D eigenvalue weighted by Crippen LogP contribution is 2.18. The Kier molecular flexibility index (Phi) is 5.63. The van der Waals surface area contributed by atoms with Gasteiger partial charge in [-0.3, -0.25) is 0 Å². The Hall–Kier alpha value is -2.18. The third-order valence-corrected chi connectivity index (χ3v) is 2.81. The molecule has 0 unspecified atom stereocenters. The summed E-state index contributed by atoms with van der Waals surface area (Å²) in [5, 5.41) is 13.3. The molecule has 21 heavy (non-hydrogen) atoms. The van der Waals surface area contributed by atoms with E-state index in [0.717, 1.165) is 12.1 Å². The number of carboxylic acid groups (broad SMARTS) is 1. The number of carbonyl (C=O) groups excluding carboxylic acids is 1. The summed E-state index contributed by atoms with van der Waals surface area (Å²) in [7, 11) is 0. The molecule has 5 nitrogen and oxygen atoms in total. The van der Waals surface area contributed by atoms with Gasteiger partial charge in [0.25, 0.3) is 0 Å². The number of halogens is 2. The molecule has 0 aliphatic rings. The van der Waals surface area contributed by atoms with Gasteiger partial charge < -0.3 is 15.7 Å². The molecule has 1 aromatic carbocycles. The molecule has 0 aliphatic heterocycles. The monoisotopic (exact) mass is 300 g/mol. The SMILES string of the molecule is Cc1cc(F)c(NC(=O)N[C@@H](CC(C)C)C(=O)O)cc1F. The maximum Gasteiger partial charge on any atom is 0.326 e. The fourth-order valence-corrected chi connectivity index (χ4v) is 1.75. The lowest BCUT2D eigenvalue weighted by atomic mass is 10.0. The van der Waals surface area contributed by atoms with E-state index in [-0.39, 0.29) is 23.6 Å². The summed E-state index contributed by atoms with van der Waals surface area (Å²) >= 11 is 0. The smallest absolute Gasteiger partial charge is 0.326 e. The summed E-state index contributed by atoms with van der Waals surface area (Å²) in [5.74, 6) is -2.59. The Morgan fingerprint density at radius 3 is 2.38 bits per heavy atom. The molecule has 0 heterocycles. The number of carboxylic acids is 1. The number of carbonyl (C=O) groups is 2. The zero-order chi connectivity index (χ0) is 16.2. The van der Waals surface area contributed by atoms with E-state index in [9.17, 15) is 18.4 Å². The minimum Gasteiger partial charge on any atom is -0.480 e. The van der Waals surface area contributed by atoms with Gasteiger partial charge in [-0.2, -0.15) is 0 Å². The van der Waals surface area contributed by atoms with Crippen molar-refractivity contribution in [3.05, 3.63) is 29.3 Å². The van der Waals surface area contributed by atoms with Crippen LogP contribution < -0.4 is 10.6 Å². The van der Waals surface area contributed by atoms with Crippen molar-refractivity contribution < 1.29 is 23.5 Å². The largest absolute Gasteiger partial charge is 0.480 e. The van der Waals surface area contributed by atoms with Gasteiger partial charge in [0.05, 0.1) is 5.69 Å². The van der Waals surface area contributed by atoms with E-state index in [2.05, 4.69) is 10.6 Å². The molecular weight excluding hydrogens is 282 g/mol. The molecule has 0 spiro atoms. The van der Waals surface area contributed by atoms with Crippen LogP contribution in [0, 0.1) is 24.5 Å². The van der Waals surface area contributed by atoms with Crippen LogP contribution in [-0.2, 0) is 4.79 Å². The highest BCUT2D eigenvalue weighted by molar-refractivity contribution is 5.92. The molecule has 1 atom stereocenters. The van der Waals surface area contributed by atoms with Gasteiger partial charge in [0, 0.05) is 6.07 Å². The topological polar surface area (TPSA) is 78.4 Å². The molecule has 116 valence electrons. The van der Waals surface area contributed by atoms with Crippen molar-refractivity contribution in [2.24, 2.45) is 5.92 Å². The van der Waals surface area contributed by atoms with E-state index < -0.39 is 29.7 Å². The Morgan fingerprint density at radius 2 is 1.86 bits per heavy atom. The van der Waals surface area contributed by atoms with Crippen LogP contribution in [0.1, 0.15) is 25.8 Å². The van der Waals surface area contributed by atoms with Gasteiger partial charge >= 0.3 is 12.0 Å². The Balaban J connectivity index is 2.77. The zero-order valence-corrected chi connectivity index (χ0v) is 12.0. The molecule has 1 rings (SSSR count). The average molecular weight is 300 g/mol. The van der Waals surface area contributed by atoms with Crippen molar-refractivity contribution in [3.8, 4) is 0 Å². The van der Waals surface area contributed by atoms with Gasteiger partial charge in [-0.05, 0) is 30.9 Å². The highest BCUT2D eigenvalue weighted by Gasteiger charge is 2.21. The standard InChI is InChI=1S/C14H18F2N2O3/c1-7(2)4-12(13(19)20)18-14(21)17-11-6-9(15)8(3)5-10(11)16/h5-7,12H,4H2,1-3H3,(H,19,20)(H2,17,18,21)/t12-/m0/s1. The number of hydrogen-bond acceptors (Lipinski definition) is 2. The van der Waals surface area contributed by atoms with Crippen LogP contribution in [0.25, 0.3) is 0 Å². The zero-order valence-electron chi connectivity index (χ0n) is 12.0. The molecule has 3 N–H and O–H groups in total. The van der Waals surface area contributed by atoms with Gasteiger partial charge in [0.2, 0.25) is 0 Å². The average Bonchev–Trinajstić information content (AvgIpc) is 2.34. The molecular formula is C14H18F2N2O3. The van der Waals surface area contributed by atoms with Gasteiger partial charge in [0.15, 0.2) is 0 Å². The fourth-order valence-electron chi connectivity index (χ4n) is 1.75. The lowest BCUT2D eigenvalue weighted by Crippen LogP contribution is -2.43. The van der Waals surface area contributed by atoms with Crippen LogP contribution in [-0.4, -0.2) is 23.1 Å². The minimum atomic E-state index is -1.19.